The Balaban J connectivity index is -0.0000000400. The SMILES string of the molecule is [N-]=[N+]=[N-].[N-]=[N+]=[N-].[Ti+4]. The molecular weight excluding hydrogens is 132 g/mol. The molecule has 0 atom stereocenters. The van der Waals surface area contributed by atoms with Gasteiger partial charge in [-0.2, -0.15) is 0 Å². The van der Waals surface area contributed by atoms with Crippen molar-refractivity contribution in [3.05, 3.63) is 31.9 Å². The van der Waals surface area contributed by atoms with E-state index in [1.807, 2.05) is 0 Å². The van der Waals surface area contributed by atoms with Gasteiger partial charge in [-0.05, 0) is 0 Å². The molecule has 0 amide bonds. The Hall–Kier alpha value is -0.666. The van der Waals surface area contributed by atoms with Crippen molar-refractivity contribution >= 4 is 0 Å². The summed E-state index contributed by atoms with van der Waals surface area (Å²) in [5.41, 5.74) is 27.0. The average Bonchev–Trinajstić information content (AvgIpc) is 1.39. The van der Waals surface area contributed by atoms with Gasteiger partial charge in [0.1, 0.15) is 0 Å². The smallest absolute Gasteiger partial charge is 0.373 e. The normalized spacial score (nSPS) is 2.29. The van der Waals surface area contributed by atoms with E-state index < -0.39 is 0 Å². The van der Waals surface area contributed by atoms with Gasteiger partial charge in [-0.1, -0.05) is 0 Å². The minimum Gasteiger partial charge on any atom is -0.373 e. The van der Waals surface area contributed by atoms with E-state index in [0.717, 1.165) is 0 Å². The Morgan fingerprint density at radius 2 is 0.714 bits per heavy atom. The number of nitrogens with zero attached hydrogens (tertiary/aromatic N) is 6. The van der Waals surface area contributed by atoms with E-state index >= 15 is 0 Å². The molecule has 0 aliphatic heterocycles. The molecule has 0 spiro atoms. The van der Waals surface area contributed by atoms with Gasteiger partial charge in [0, 0.05) is 0 Å². The van der Waals surface area contributed by atoms with Gasteiger partial charge in [-0.3, -0.25) is 9.82 Å². The second kappa shape index (κ2) is 56.3. The Labute approximate surface area is 54.2 Å². The van der Waals surface area contributed by atoms with Crippen LogP contribution in [0.25, 0.3) is 31.9 Å². The molecule has 0 bridgehead atoms. The molecule has 0 N–H and O–H groups in total. The molecule has 32 valence electrons. The Morgan fingerprint density at radius 3 is 0.714 bits per heavy atom. The van der Waals surface area contributed by atoms with Gasteiger partial charge >= 0.3 is 21.7 Å². The standard InChI is InChI=1S/2N3.Ti/c2*1-3-2;/q2*-1;+4. The maximum atomic E-state index is 6.75. The van der Waals surface area contributed by atoms with Crippen LogP contribution in [-0.4, -0.2) is 0 Å². The third kappa shape index (κ3) is 134. The van der Waals surface area contributed by atoms with E-state index in [4.69, 9.17) is 22.1 Å². The molecule has 0 aromatic carbocycles. The topological polar surface area (TPSA) is 117 Å². The van der Waals surface area contributed by atoms with Crippen molar-refractivity contribution < 1.29 is 21.7 Å². The molecule has 0 fully saturated rings. The minimum atomic E-state index is 0. The summed E-state index contributed by atoms with van der Waals surface area (Å²) >= 11 is 0. The summed E-state index contributed by atoms with van der Waals surface area (Å²) in [6, 6.07) is 0. The molecule has 0 aromatic rings. The molecule has 6 nitrogen and oxygen atoms in total. The van der Waals surface area contributed by atoms with Crippen molar-refractivity contribution in [1.82, 2.24) is 0 Å². The summed E-state index contributed by atoms with van der Waals surface area (Å²) in [6.07, 6.45) is 0. The predicted octanol–water partition coefficient (Wildman–Crippen LogP) is 1.73. The van der Waals surface area contributed by atoms with Crippen LogP contribution in [0.1, 0.15) is 0 Å². The fraction of sp³-hybridized carbons (Fsp3) is 0. The molecular formula is N6Ti+2. The Bertz CT molecular complexity index is 58.2. The molecule has 7 heavy (non-hydrogen) atoms. The Morgan fingerprint density at radius 1 is 0.714 bits per heavy atom. The maximum Gasteiger partial charge on any atom is 4.00 e. The van der Waals surface area contributed by atoms with Crippen LogP contribution in [0.3, 0.4) is 0 Å². The van der Waals surface area contributed by atoms with E-state index in [0.29, 0.717) is 0 Å². The maximum absolute atomic E-state index is 6.75. The van der Waals surface area contributed by atoms with Crippen LogP contribution >= 0.6 is 0 Å². The van der Waals surface area contributed by atoms with Crippen molar-refractivity contribution in [3.8, 4) is 0 Å². The molecule has 0 saturated carbocycles. The fourth-order valence-electron chi connectivity index (χ4n) is 0. The van der Waals surface area contributed by atoms with Crippen molar-refractivity contribution in [2.45, 2.75) is 0 Å². The summed E-state index contributed by atoms with van der Waals surface area (Å²) in [7, 11) is 0. The van der Waals surface area contributed by atoms with E-state index in [2.05, 4.69) is 0 Å². The zero-order chi connectivity index (χ0) is 5.41. The summed E-state index contributed by atoms with van der Waals surface area (Å²) < 4.78 is 0. The zero-order valence-electron chi connectivity index (χ0n) is 3.18. The van der Waals surface area contributed by atoms with E-state index in [1.165, 1.54) is 9.82 Å². The van der Waals surface area contributed by atoms with Gasteiger partial charge in [0.2, 0.25) is 0 Å². The molecule has 0 aliphatic rings. The average molecular weight is 132 g/mol. The number of hydrogen-bond donors (Lipinski definition) is 0. The molecule has 0 saturated heterocycles. The minimum absolute atomic E-state index is 0. The number of hydrogen-bond acceptors (Lipinski definition) is 0. The zero-order valence-corrected chi connectivity index (χ0v) is 4.74. The fourth-order valence-corrected chi connectivity index (χ4v) is 0. The third-order valence-corrected chi connectivity index (χ3v) is 0. The van der Waals surface area contributed by atoms with Crippen LogP contribution in [0, 0.1) is 0 Å². The molecule has 0 radical (unpaired) electrons. The van der Waals surface area contributed by atoms with Crippen LogP contribution in [0.2, 0.25) is 0 Å². The second-order valence-corrected chi connectivity index (χ2v) is 0.179. The van der Waals surface area contributed by atoms with E-state index in [1.54, 1.807) is 0 Å². The van der Waals surface area contributed by atoms with Crippen molar-refractivity contribution in [2.24, 2.45) is 0 Å². The first-order chi connectivity index (χ1) is 2.83. The summed E-state index contributed by atoms with van der Waals surface area (Å²) in [5.74, 6) is 0. The van der Waals surface area contributed by atoms with E-state index in [-0.39, 0.29) is 21.7 Å². The molecule has 0 aliphatic carbocycles. The van der Waals surface area contributed by atoms with Crippen molar-refractivity contribution in [3.63, 3.8) is 0 Å². The van der Waals surface area contributed by atoms with Crippen LogP contribution < -0.4 is 0 Å². The van der Waals surface area contributed by atoms with Gasteiger partial charge in [-0.15, -0.1) is 0 Å². The van der Waals surface area contributed by atoms with Gasteiger partial charge in [-0.25, -0.2) is 0 Å². The van der Waals surface area contributed by atoms with Gasteiger partial charge in [0.25, 0.3) is 0 Å². The quantitative estimate of drug-likeness (QED) is 0.206. The van der Waals surface area contributed by atoms with Crippen LogP contribution in [0.15, 0.2) is 0 Å². The largest absolute Gasteiger partial charge is 4.00 e. The van der Waals surface area contributed by atoms with Crippen molar-refractivity contribution in [2.75, 3.05) is 0 Å². The van der Waals surface area contributed by atoms with Gasteiger partial charge < -0.3 is 22.1 Å². The molecule has 7 heteroatoms. The first kappa shape index (κ1) is 16.2. The first-order valence-corrected chi connectivity index (χ1v) is 0.800. The van der Waals surface area contributed by atoms with Crippen LogP contribution in [0.5, 0.6) is 0 Å². The second-order valence-electron chi connectivity index (χ2n) is 0.179. The molecule has 0 unspecified atom stereocenters. The van der Waals surface area contributed by atoms with Gasteiger partial charge in [0.05, 0.1) is 0 Å². The molecule has 0 rings (SSSR count). The molecule has 0 aromatic heterocycles. The van der Waals surface area contributed by atoms with Crippen LogP contribution in [-0.2, 0) is 21.7 Å². The monoisotopic (exact) mass is 132 g/mol. The Kier molecular flexibility index (Phi) is 130. The predicted molar refractivity (Wildman–Crippen MR) is 20.2 cm³/mol. The number of rotatable bonds is 0. The van der Waals surface area contributed by atoms with Crippen LogP contribution in [0.4, 0.5) is 0 Å². The third-order valence-electron chi connectivity index (χ3n) is 0. The summed E-state index contributed by atoms with van der Waals surface area (Å²) in [6.45, 7) is 0. The molecule has 0 heterocycles. The van der Waals surface area contributed by atoms with E-state index in [9.17, 15) is 0 Å². The first-order valence-electron chi connectivity index (χ1n) is 0.800. The summed E-state index contributed by atoms with van der Waals surface area (Å²) in [4.78, 5) is 3.00. The van der Waals surface area contributed by atoms with Gasteiger partial charge in [0.15, 0.2) is 0 Å². The summed E-state index contributed by atoms with van der Waals surface area (Å²) in [5, 5.41) is 0. The van der Waals surface area contributed by atoms with Crippen molar-refractivity contribution in [1.29, 1.82) is 0 Å².